The minimum atomic E-state index is -4.81. The number of nitrogens with zero attached hydrogens (tertiary/aromatic N) is 2. The SMILES string of the molecule is O=[N+]([O-])c1cncc(CCl)c1C(F)(F)F. The van der Waals surface area contributed by atoms with Crippen molar-refractivity contribution in [3.8, 4) is 0 Å². The Morgan fingerprint density at radius 1 is 1.47 bits per heavy atom. The van der Waals surface area contributed by atoms with Crippen LogP contribution >= 0.6 is 11.6 Å². The molecule has 1 rings (SSSR count). The standard InChI is InChI=1S/C7H4ClF3N2O2/c8-1-4-2-12-3-5(13(14)15)6(4)7(9,10)11/h2-3H,1H2. The smallest absolute Gasteiger partial charge is 0.258 e. The Morgan fingerprint density at radius 3 is 2.47 bits per heavy atom. The minimum Gasteiger partial charge on any atom is -0.258 e. The first-order valence-electron chi connectivity index (χ1n) is 3.62. The normalized spacial score (nSPS) is 11.5. The van der Waals surface area contributed by atoms with E-state index in [2.05, 4.69) is 4.98 Å². The molecule has 1 heterocycles. The van der Waals surface area contributed by atoms with Crippen molar-refractivity contribution in [3.05, 3.63) is 33.6 Å². The van der Waals surface area contributed by atoms with Gasteiger partial charge in [-0.15, -0.1) is 11.6 Å². The summed E-state index contributed by atoms with van der Waals surface area (Å²) in [6.07, 6.45) is -3.39. The van der Waals surface area contributed by atoms with Gasteiger partial charge in [-0.05, 0) is 0 Å². The first-order chi connectivity index (χ1) is 6.88. The van der Waals surface area contributed by atoms with E-state index in [9.17, 15) is 23.3 Å². The molecule has 0 atom stereocenters. The second kappa shape index (κ2) is 4.01. The zero-order valence-corrected chi connectivity index (χ0v) is 7.84. The lowest BCUT2D eigenvalue weighted by Crippen LogP contribution is -2.12. The number of aromatic nitrogens is 1. The number of pyridine rings is 1. The third kappa shape index (κ3) is 2.35. The molecule has 0 radical (unpaired) electrons. The molecule has 0 fully saturated rings. The summed E-state index contributed by atoms with van der Waals surface area (Å²) in [4.78, 5) is 12.6. The van der Waals surface area contributed by atoms with Gasteiger partial charge in [0, 0.05) is 17.6 Å². The summed E-state index contributed by atoms with van der Waals surface area (Å²) < 4.78 is 37.4. The van der Waals surface area contributed by atoms with Crippen LogP contribution in [-0.2, 0) is 12.1 Å². The van der Waals surface area contributed by atoms with Gasteiger partial charge in [0.1, 0.15) is 11.8 Å². The van der Waals surface area contributed by atoms with E-state index >= 15 is 0 Å². The van der Waals surface area contributed by atoms with E-state index in [0.717, 1.165) is 6.20 Å². The highest BCUT2D eigenvalue weighted by molar-refractivity contribution is 6.17. The molecule has 0 spiro atoms. The molecule has 1 aromatic heterocycles. The van der Waals surface area contributed by atoms with E-state index in [1.807, 2.05) is 0 Å². The average Bonchev–Trinajstić information content (AvgIpc) is 2.15. The lowest BCUT2D eigenvalue weighted by Gasteiger charge is -2.10. The third-order valence-corrected chi connectivity index (χ3v) is 1.92. The highest BCUT2D eigenvalue weighted by Crippen LogP contribution is 2.38. The summed E-state index contributed by atoms with van der Waals surface area (Å²) in [6, 6.07) is 0. The van der Waals surface area contributed by atoms with Crippen molar-refractivity contribution in [1.82, 2.24) is 4.98 Å². The number of alkyl halides is 4. The molecule has 0 saturated heterocycles. The Kier molecular flexibility index (Phi) is 3.13. The van der Waals surface area contributed by atoms with Crippen LogP contribution < -0.4 is 0 Å². The Hall–Kier alpha value is -1.37. The molecule has 0 N–H and O–H groups in total. The summed E-state index contributed by atoms with van der Waals surface area (Å²) in [7, 11) is 0. The van der Waals surface area contributed by atoms with Crippen molar-refractivity contribution in [2.75, 3.05) is 0 Å². The molecule has 82 valence electrons. The fourth-order valence-electron chi connectivity index (χ4n) is 1.06. The number of hydrogen-bond acceptors (Lipinski definition) is 3. The van der Waals surface area contributed by atoms with Crippen LogP contribution in [0.5, 0.6) is 0 Å². The molecular formula is C7H4ClF3N2O2. The van der Waals surface area contributed by atoms with Gasteiger partial charge >= 0.3 is 6.18 Å². The third-order valence-electron chi connectivity index (χ3n) is 1.63. The van der Waals surface area contributed by atoms with Crippen LogP contribution in [0.3, 0.4) is 0 Å². The maximum atomic E-state index is 12.5. The lowest BCUT2D eigenvalue weighted by atomic mass is 10.1. The molecule has 0 saturated carbocycles. The van der Waals surface area contributed by atoms with Crippen molar-refractivity contribution in [2.24, 2.45) is 0 Å². The predicted octanol–water partition coefficient (Wildman–Crippen LogP) is 2.75. The van der Waals surface area contributed by atoms with Crippen LogP contribution in [-0.4, -0.2) is 9.91 Å². The lowest BCUT2D eigenvalue weighted by molar-refractivity contribution is -0.388. The molecule has 8 heteroatoms. The largest absolute Gasteiger partial charge is 0.423 e. The Bertz CT molecular complexity index is 394. The first kappa shape index (κ1) is 11.7. The van der Waals surface area contributed by atoms with E-state index in [0.29, 0.717) is 6.20 Å². The highest BCUT2D eigenvalue weighted by Gasteiger charge is 2.40. The fourth-order valence-corrected chi connectivity index (χ4v) is 1.26. The quantitative estimate of drug-likeness (QED) is 0.454. The maximum absolute atomic E-state index is 12.5. The molecule has 0 bridgehead atoms. The van der Waals surface area contributed by atoms with Gasteiger partial charge in [-0.1, -0.05) is 0 Å². The van der Waals surface area contributed by atoms with Crippen molar-refractivity contribution < 1.29 is 18.1 Å². The number of halogens is 4. The van der Waals surface area contributed by atoms with Crippen LogP contribution in [0.15, 0.2) is 12.4 Å². The minimum absolute atomic E-state index is 0.404. The van der Waals surface area contributed by atoms with Gasteiger partial charge in [0.2, 0.25) is 0 Å². The second-order valence-corrected chi connectivity index (χ2v) is 2.85. The van der Waals surface area contributed by atoms with E-state index < -0.39 is 33.8 Å². The molecule has 0 aliphatic carbocycles. The Morgan fingerprint density at radius 2 is 2.07 bits per heavy atom. The predicted molar refractivity (Wildman–Crippen MR) is 45.5 cm³/mol. The van der Waals surface area contributed by atoms with Gasteiger partial charge in [0.05, 0.1) is 4.92 Å². The number of nitro groups is 1. The van der Waals surface area contributed by atoms with Gasteiger partial charge in [-0.2, -0.15) is 13.2 Å². The molecule has 1 aromatic rings. The topological polar surface area (TPSA) is 56.0 Å². The van der Waals surface area contributed by atoms with Crippen LogP contribution in [0.1, 0.15) is 11.1 Å². The van der Waals surface area contributed by atoms with Crippen LogP contribution in [0.2, 0.25) is 0 Å². The maximum Gasteiger partial charge on any atom is 0.423 e. The second-order valence-electron chi connectivity index (χ2n) is 2.58. The molecule has 0 amide bonds. The van der Waals surface area contributed by atoms with Crippen LogP contribution in [0.4, 0.5) is 18.9 Å². The monoisotopic (exact) mass is 240 g/mol. The molecule has 4 nitrogen and oxygen atoms in total. The molecule has 15 heavy (non-hydrogen) atoms. The van der Waals surface area contributed by atoms with Crippen molar-refractivity contribution in [3.63, 3.8) is 0 Å². The van der Waals surface area contributed by atoms with E-state index in [-0.39, 0.29) is 0 Å². The number of rotatable bonds is 2. The van der Waals surface area contributed by atoms with Gasteiger partial charge in [0.15, 0.2) is 0 Å². The van der Waals surface area contributed by atoms with Crippen LogP contribution in [0, 0.1) is 10.1 Å². The van der Waals surface area contributed by atoms with E-state index in [1.165, 1.54) is 0 Å². The molecule has 0 unspecified atom stereocenters. The van der Waals surface area contributed by atoms with Crippen LogP contribution in [0.25, 0.3) is 0 Å². The molecule has 0 aliphatic heterocycles. The van der Waals surface area contributed by atoms with E-state index in [1.54, 1.807) is 0 Å². The summed E-state index contributed by atoms with van der Waals surface area (Å²) >= 11 is 5.25. The molecular weight excluding hydrogens is 237 g/mol. The zero-order chi connectivity index (χ0) is 11.6. The zero-order valence-electron chi connectivity index (χ0n) is 7.08. The average molecular weight is 241 g/mol. The highest BCUT2D eigenvalue weighted by atomic mass is 35.5. The Labute approximate surface area is 86.8 Å². The molecule has 0 aromatic carbocycles. The fraction of sp³-hybridized carbons (Fsp3) is 0.286. The van der Waals surface area contributed by atoms with Gasteiger partial charge in [-0.3, -0.25) is 15.1 Å². The van der Waals surface area contributed by atoms with Gasteiger partial charge < -0.3 is 0 Å². The summed E-state index contributed by atoms with van der Waals surface area (Å²) in [5.74, 6) is -0.483. The summed E-state index contributed by atoms with van der Waals surface area (Å²) in [6.45, 7) is 0. The van der Waals surface area contributed by atoms with Crippen molar-refractivity contribution in [1.29, 1.82) is 0 Å². The van der Waals surface area contributed by atoms with Crippen molar-refractivity contribution >= 4 is 17.3 Å². The number of hydrogen-bond donors (Lipinski definition) is 0. The van der Waals surface area contributed by atoms with Gasteiger partial charge in [-0.25, -0.2) is 0 Å². The van der Waals surface area contributed by atoms with E-state index in [4.69, 9.17) is 11.6 Å². The first-order valence-corrected chi connectivity index (χ1v) is 4.15. The molecule has 0 aliphatic rings. The summed E-state index contributed by atoms with van der Waals surface area (Å²) in [5.41, 5.74) is -2.82. The summed E-state index contributed by atoms with van der Waals surface area (Å²) in [5, 5.41) is 10.4. The Balaban J connectivity index is 3.47. The van der Waals surface area contributed by atoms with Crippen molar-refractivity contribution in [2.45, 2.75) is 12.1 Å². The van der Waals surface area contributed by atoms with Gasteiger partial charge in [0.25, 0.3) is 5.69 Å².